The molecular formula is C20H13Cl2FN4O2. The Morgan fingerprint density at radius 3 is 2.55 bits per heavy atom. The molecule has 2 aromatic carbocycles. The van der Waals surface area contributed by atoms with Crippen molar-refractivity contribution < 1.29 is 13.7 Å². The molecule has 0 saturated heterocycles. The summed E-state index contributed by atoms with van der Waals surface area (Å²) in [6, 6.07) is 14.4. The maximum absolute atomic E-state index is 13.0. The second-order valence-corrected chi connectivity index (χ2v) is 7.03. The van der Waals surface area contributed by atoms with Gasteiger partial charge in [-0.15, -0.1) is 0 Å². The van der Waals surface area contributed by atoms with E-state index in [4.69, 9.17) is 27.7 Å². The number of benzene rings is 2. The van der Waals surface area contributed by atoms with Gasteiger partial charge in [0.2, 0.25) is 0 Å². The molecule has 4 rings (SSSR count). The van der Waals surface area contributed by atoms with Crippen molar-refractivity contribution in [1.82, 2.24) is 14.9 Å². The third-order valence-electron chi connectivity index (χ3n) is 4.08. The quantitative estimate of drug-likeness (QED) is 0.467. The first-order valence-electron chi connectivity index (χ1n) is 8.49. The minimum absolute atomic E-state index is 0.0487. The standard InChI is InChI=1S/C20H13Cl2FN4O2/c21-14-5-1-12(2-6-14)10-27-11-16(22)19(25-27)24-20(28)17-9-18(29-26-17)13-3-7-15(23)8-4-13/h1-9,11H,10H2,(H,24,25,28). The highest BCUT2D eigenvalue weighted by atomic mass is 35.5. The smallest absolute Gasteiger partial charge is 0.279 e. The first-order chi connectivity index (χ1) is 14.0. The number of amides is 1. The Labute approximate surface area is 174 Å². The van der Waals surface area contributed by atoms with E-state index in [2.05, 4.69) is 15.6 Å². The number of anilines is 1. The molecule has 0 aliphatic rings. The number of nitrogens with one attached hydrogen (secondary N) is 1. The van der Waals surface area contributed by atoms with E-state index in [9.17, 15) is 9.18 Å². The van der Waals surface area contributed by atoms with Gasteiger partial charge in [0.1, 0.15) is 10.8 Å². The van der Waals surface area contributed by atoms with Crippen LogP contribution in [0.15, 0.2) is 65.3 Å². The molecule has 29 heavy (non-hydrogen) atoms. The average Bonchev–Trinajstić information content (AvgIpc) is 3.32. The van der Waals surface area contributed by atoms with Crippen molar-refractivity contribution in [2.75, 3.05) is 5.32 Å². The lowest BCUT2D eigenvalue weighted by molar-refractivity contribution is 0.101. The van der Waals surface area contributed by atoms with Gasteiger partial charge in [-0.2, -0.15) is 5.10 Å². The van der Waals surface area contributed by atoms with Crippen molar-refractivity contribution >= 4 is 34.9 Å². The second-order valence-electron chi connectivity index (χ2n) is 6.19. The third-order valence-corrected chi connectivity index (χ3v) is 4.61. The van der Waals surface area contributed by atoms with Gasteiger partial charge in [-0.1, -0.05) is 40.5 Å². The van der Waals surface area contributed by atoms with Gasteiger partial charge in [-0.3, -0.25) is 9.48 Å². The van der Waals surface area contributed by atoms with Gasteiger partial charge in [0.15, 0.2) is 17.3 Å². The maximum Gasteiger partial charge on any atom is 0.279 e. The number of hydrogen-bond donors (Lipinski definition) is 1. The Balaban J connectivity index is 1.46. The molecule has 6 nitrogen and oxygen atoms in total. The Bertz CT molecular complexity index is 1150. The second kappa shape index (κ2) is 8.06. The highest BCUT2D eigenvalue weighted by Gasteiger charge is 2.17. The summed E-state index contributed by atoms with van der Waals surface area (Å²) in [5.41, 5.74) is 1.63. The van der Waals surface area contributed by atoms with Gasteiger partial charge in [0, 0.05) is 22.8 Å². The van der Waals surface area contributed by atoms with Crippen LogP contribution in [0.2, 0.25) is 10.0 Å². The average molecular weight is 431 g/mol. The number of hydrogen-bond acceptors (Lipinski definition) is 4. The predicted molar refractivity (Wildman–Crippen MR) is 108 cm³/mol. The zero-order valence-corrected chi connectivity index (χ0v) is 16.3. The van der Waals surface area contributed by atoms with Crippen molar-refractivity contribution in [2.45, 2.75) is 6.54 Å². The Morgan fingerprint density at radius 2 is 1.83 bits per heavy atom. The summed E-state index contributed by atoms with van der Waals surface area (Å²) in [5, 5.41) is 11.6. The Kier molecular flexibility index (Phi) is 5.33. The third kappa shape index (κ3) is 4.47. The Morgan fingerprint density at radius 1 is 1.10 bits per heavy atom. The molecule has 0 saturated carbocycles. The summed E-state index contributed by atoms with van der Waals surface area (Å²) in [6.07, 6.45) is 1.61. The van der Waals surface area contributed by atoms with E-state index in [1.54, 1.807) is 23.0 Å². The molecule has 0 radical (unpaired) electrons. The molecule has 0 spiro atoms. The van der Waals surface area contributed by atoms with Crippen molar-refractivity contribution in [3.63, 3.8) is 0 Å². The Hall–Kier alpha value is -3.16. The summed E-state index contributed by atoms with van der Waals surface area (Å²) in [6.45, 7) is 0.464. The highest BCUT2D eigenvalue weighted by Crippen LogP contribution is 2.23. The van der Waals surface area contributed by atoms with Crippen molar-refractivity contribution in [3.8, 4) is 11.3 Å². The fourth-order valence-electron chi connectivity index (χ4n) is 2.64. The van der Waals surface area contributed by atoms with E-state index >= 15 is 0 Å². The van der Waals surface area contributed by atoms with Gasteiger partial charge >= 0.3 is 0 Å². The molecule has 0 bridgehead atoms. The van der Waals surface area contributed by atoms with E-state index < -0.39 is 5.91 Å². The molecule has 0 unspecified atom stereocenters. The van der Waals surface area contributed by atoms with Gasteiger partial charge in [0.25, 0.3) is 5.91 Å². The molecule has 0 aliphatic heterocycles. The minimum Gasteiger partial charge on any atom is -0.355 e. The fourth-order valence-corrected chi connectivity index (χ4v) is 2.97. The van der Waals surface area contributed by atoms with Gasteiger partial charge in [-0.05, 0) is 42.0 Å². The monoisotopic (exact) mass is 430 g/mol. The summed E-state index contributed by atoms with van der Waals surface area (Å²) in [4.78, 5) is 12.5. The zero-order chi connectivity index (χ0) is 20.4. The van der Waals surface area contributed by atoms with Gasteiger partial charge in [-0.25, -0.2) is 4.39 Å². The van der Waals surface area contributed by atoms with E-state index in [1.165, 1.54) is 30.3 Å². The van der Waals surface area contributed by atoms with Crippen LogP contribution in [0.1, 0.15) is 16.1 Å². The van der Waals surface area contributed by atoms with E-state index in [-0.39, 0.29) is 22.4 Å². The van der Waals surface area contributed by atoms with Crippen LogP contribution < -0.4 is 5.32 Å². The van der Waals surface area contributed by atoms with Crippen LogP contribution in [0.25, 0.3) is 11.3 Å². The number of halogens is 3. The van der Waals surface area contributed by atoms with Crippen LogP contribution in [0.3, 0.4) is 0 Å². The van der Waals surface area contributed by atoms with Crippen molar-refractivity contribution in [1.29, 1.82) is 0 Å². The van der Waals surface area contributed by atoms with Gasteiger partial charge in [0.05, 0.1) is 6.54 Å². The van der Waals surface area contributed by atoms with Crippen molar-refractivity contribution in [2.24, 2.45) is 0 Å². The predicted octanol–water partition coefficient (Wildman–Crippen LogP) is 5.28. The molecule has 1 amide bonds. The molecule has 0 aliphatic carbocycles. The number of aromatic nitrogens is 3. The molecule has 146 valence electrons. The van der Waals surface area contributed by atoms with E-state index in [0.29, 0.717) is 22.9 Å². The molecule has 4 aromatic rings. The molecule has 0 atom stereocenters. The summed E-state index contributed by atoms with van der Waals surface area (Å²) in [7, 11) is 0. The van der Waals surface area contributed by atoms with E-state index in [0.717, 1.165) is 5.56 Å². The fraction of sp³-hybridized carbons (Fsp3) is 0.0500. The summed E-state index contributed by atoms with van der Waals surface area (Å²) < 4.78 is 19.8. The van der Waals surface area contributed by atoms with E-state index in [1.807, 2.05) is 12.1 Å². The van der Waals surface area contributed by atoms with Crippen LogP contribution in [0, 0.1) is 5.82 Å². The van der Waals surface area contributed by atoms with Crippen LogP contribution in [0.5, 0.6) is 0 Å². The lowest BCUT2D eigenvalue weighted by atomic mass is 10.1. The number of rotatable bonds is 5. The normalized spacial score (nSPS) is 10.9. The summed E-state index contributed by atoms with van der Waals surface area (Å²) in [5.74, 6) is -0.345. The van der Waals surface area contributed by atoms with Crippen LogP contribution >= 0.6 is 23.2 Å². The molecule has 2 heterocycles. The minimum atomic E-state index is -0.527. The lowest BCUT2D eigenvalue weighted by Gasteiger charge is -2.02. The lowest BCUT2D eigenvalue weighted by Crippen LogP contribution is -2.13. The van der Waals surface area contributed by atoms with Gasteiger partial charge < -0.3 is 9.84 Å². The van der Waals surface area contributed by atoms with Crippen LogP contribution in [0.4, 0.5) is 10.2 Å². The molecule has 9 heteroatoms. The molecular weight excluding hydrogens is 418 g/mol. The number of nitrogens with zero attached hydrogens (tertiary/aromatic N) is 3. The summed E-state index contributed by atoms with van der Waals surface area (Å²) >= 11 is 12.1. The molecule has 0 fully saturated rings. The topological polar surface area (TPSA) is 73.0 Å². The SMILES string of the molecule is O=C(Nc1nn(Cc2ccc(Cl)cc2)cc1Cl)c1cc(-c2ccc(F)cc2)on1. The maximum atomic E-state index is 13.0. The number of carbonyl (C=O) groups excluding carboxylic acids is 1. The van der Waals surface area contributed by atoms with Crippen molar-refractivity contribution in [3.05, 3.63) is 87.9 Å². The van der Waals surface area contributed by atoms with Crippen LogP contribution in [-0.2, 0) is 6.54 Å². The molecule has 1 N–H and O–H groups in total. The zero-order valence-electron chi connectivity index (χ0n) is 14.8. The highest BCUT2D eigenvalue weighted by molar-refractivity contribution is 6.33. The number of carbonyl (C=O) groups is 1. The van der Waals surface area contributed by atoms with Crippen LogP contribution in [-0.4, -0.2) is 20.8 Å². The molecule has 2 aromatic heterocycles. The first kappa shape index (κ1) is 19.2. The first-order valence-corrected chi connectivity index (χ1v) is 9.25. The largest absolute Gasteiger partial charge is 0.355 e.